The van der Waals surface area contributed by atoms with Crippen LogP contribution in [0.3, 0.4) is 0 Å². The quantitative estimate of drug-likeness (QED) is 0.852. The van der Waals surface area contributed by atoms with Crippen LogP contribution in [0.1, 0.15) is 42.5 Å². The number of carbonyl (C=O) groups is 1. The normalized spacial score (nSPS) is 28.9. The van der Waals surface area contributed by atoms with Gasteiger partial charge in [0.05, 0.1) is 5.56 Å². The Labute approximate surface area is 126 Å². The van der Waals surface area contributed by atoms with Crippen molar-refractivity contribution in [1.29, 1.82) is 0 Å². The van der Waals surface area contributed by atoms with E-state index in [-0.39, 0.29) is 24.5 Å². The molecule has 1 saturated carbocycles. The number of nitrogens with one attached hydrogen (secondary N) is 1. The number of halogens is 1. The lowest BCUT2D eigenvalue weighted by molar-refractivity contribution is -0.0135. The maximum Gasteiger partial charge on any atom is 0.338 e. The molecule has 1 saturated heterocycles. The molecule has 3 rings (SSSR count). The lowest BCUT2D eigenvalue weighted by Gasteiger charge is -2.41. The highest BCUT2D eigenvalue weighted by molar-refractivity contribution is 5.89. The Kier molecular flexibility index (Phi) is 5.44. The van der Waals surface area contributed by atoms with Crippen molar-refractivity contribution in [3.63, 3.8) is 0 Å². The van der Waals surface area contributed by atoms with E-state index in [4.69, 9.17) is 4.74 Å². The number of esters is 1. The van der Waals surface area contributed by atoms with Gasteiger partial charge in [-0.15, -0.1) is 12.4 Å². The molecule has 0 radical (unpaired) electrons. The molecular weight excluding hydrogens is 274 g/mol. The second-order valence-electron chi connectivity index (χ2n) is 5.61. The number of hydrogen-bond donors (Lipinski definition) is 1. The third-order valence-electron chi connectivity index (χ3n) is 4.40. The third kappa shape index (κ3) is 3.33. The number of piperidine rings is 1. The van der Waals surface area contributed by atoms with Gasteiger partial charge in [-0.3, -0.25) is 0 Å². The van der Waals surface area contributed by atoms with Crippen molar-refractivity contribution in [3.05, 3.63) is 35.9 Å². The summed E-state index contributed by atoms with van der Waals surface area (Å²) in [5.74, 6) is 0.340. The van der Waals surface area contributed by atoms with Crippen molar-refractivity contribution in [1.82, 2.24) is 5.32 Å². The van der Waals surface area contributed by atoms with Gasteiger partial charge in [0.25, 0.3) is 0 Å². The summed E-state index contributed by atoms with van der Waals surface area (Å²) in [7, 11) is 0. The molecule has 3 nitrogen and oxygen atoms in total. The molecule has 1 heterocycles. The molecule has 0 bridgehead atoms. The van der Waals surface area contributed by atoms with E-state index < -0.39 is 0 Å². The van der Waals surface area contributed by atoms with Crippen LogP contribution in [-0.4, -0.2) is 24.7 Å². The first kappa shape index (κ1) is 15.3. The van der Waals surface area contributed by atoms with Gasteiger partial charge in [0.15, 0.2) is 0 Å². The van der Waals surface area contributed by atoms with Crippen molar-refractivity contribution >= 4 is 18.4 Å². The zero-order valence-electron chi connectivity index (χ0n) is 11.6. The molecule has 1 aliphatic carbocycles. The van der Waals surface area contributed by atoms with Gasteiger partial charge in [0, 0.05) is 12.0 Å². The van der Waals surface area contributed by atoms with Gasteiger partial charge < -0.3 is 10.1 Å². The molecule has 1 N–H and O–H groups in total. The van der Waals surface area contributed by atoms with Gasteiger partial charge in [-0.25, -0.2) is 4.79 Å². The first-order chi connectivity index (χ1) is 9.34. The van der Waals surface area contributed by atoms with Crippen LogP contribution >= 0.6 is 12.4 Å². The van der Waals surface area contributed by atoms with Gasteiger partial charge >= 0.3 is 5.97 Å². The second-order valence-corrected chi connectivity index (χ2v) is 5.61. The molecule has 0 spiro atoms. The van der Waals surface area contributed by atoms with E-state index in [9.17, 15) is 4.79 Å². The van der Waals surface area contributed by atoms with Gasteiger partial charge in [-0.1, -0.05) is 31.0 Å². The monoisotopic (exact) mass is 295 g/mol. The zero-order valence-corrected chi connectivity index (χ0v) is 12.4. The molecule has 3 atom stereocenters. The molecule has 3 unspecified atom stereocenters. The Balaban J connectivity index is 0.00000147. The first-order valence-corrected chi connectivity index (χ1v) is 7.34. The highest BCUT2D eigenvalue weighted by Gasteiger charge is 2.36. The molecule has 2 fully saturated rings. The van der Waals surface area contributed by atoms with Gasteiger partial charge in [-0.2, -0.15) is 0 Å². The summed E-state index contributed by atoms with van der Waals surface area (Å²) < 4.78 is 5.77. The van der Waals surface area contributed by atoms with E-state index in [0.29, 0.717) is 17.5 Å². The predicted molar refractivity (Wildman–Crippen MR) is 81.3 cm³/mol. The van der Waals surface area contributed by atoms with Crippen LogP contribution in [0.2, 0.25) is 0 Å². The van der Waals surface area contributed by atoms with Crippen molar-refractivity contribution in [2.24, 2.45) is 5.92 Å². The molecule has 20 heavy (non-hydrogen) atoms. The number of carbonyl (C=O) groups excluding carboxylic acids is 1. The number of fused-ring (bicyclic) bond motifs is 1. The molecule has 1 aromatic carbocycles. The Morgan fingerprint density at radius 1 is 1.10 bits per heavy atom. The molecule has 2 aliphatic rings. The van der Waals surface area contributed by atoms with E-state index in [1.807, 2.05) is 30.3 Å². The Morgan fingerprint density at radius 2 is 1.85 bits per heavy atom. The van der Waals surface area contributed by atoms with Crippen molar-refractivity contribution in [2.75, 3.05) is 6.54 Å². The third-order valence-corrected chi connectivity index (χ3v) is 4.40. The molecule has 1 aromatic rings. The van der Waals surface area contributed by atoms with Crippen LogP contribution in [-0.2, 0) is 4.74 Å². The van der Waals surface area contributed by atoms with E-state index >= 15 is 0 Å². The fraction of sp³-hybridized carbons (Fsp3) is 0.562. The SMILES string of the molecule is Cl.O=C(OC1CCNC2CCCCC21)c1ccccc1. The van der Waals surface area contributed by atoms with E-state index in [1.54, 1.807) is 0 Å². The predicted octanol–water partition coefficient (Wildman–Crippen LogP) is 3.19. The summed E-state index contributed by atoms with van der Waals surface area (Å²) in [6.07, 6.45) is 6.02. The number of rotatable bonds is 2. The second kappa shape index (κ2) is 7.09. The van der Waals surface area contributed by atoms with Crippen molar-refractivity contribution in [3.8, 4) is 0 Å². The van der Waals surface area contributed by atoms with Crippen molar-refractivity contribution < 1.29 is 9.53 Å². The topological polar surface area (TPSA) is 38.3 Å². The summed E-state index contributed by atoms with van der Waals surface area (Å²) in [6, 6.07) is 9.86. The van der Waals surface area contributed by atoms with Crippen LogP contribution in [0.5, 0.6) is 0 Å². The minimum Gasteiger partial charge on any atom is -0.458 e. The largest absolute Gasteiger partial charge is 0.458 e. The number of hydrogen-bond acceptors (Lipinski definition) is 3. The Bertz CT molecular complexity index is 435. The first-order valence-electron chi connectivity index (χ1n) is 7.34. The minimum absolute atomic E-state index is 0. The van der Waals surface area contributed by atoms with E-state index in [1.165, 1.54) is 25.7 Å². The van der Waals surface area contributed by atoms with Crippen LogP contribution in [0.25, 0.3) is 0 Å². The van der Waals surface area contributed by atoms with Crippen LogP contribution in [0.15, 0.2) is 30.3 Å². The van der Waals surface area contributed by atoms with Crippen molar-refractivity contribution in [2.45, 2.75) is 44.2 Å². The summed E-state index contributed by atoms with van der Waals surface area (Å²) in [4.78, 5) is 12.1. The minimum atomic E-state index is -0.170. The molecule has 110 valence electrons. The van der Waals surface area contributed by atoms with Crippen LogP contribution < -0.4 is 5.32 Å². The molecule has 0 amide bonds. The highest BCUT2D eigenvalue weighted by Crippen LogP contribution is 2.32. The smallest absolute Gasteiger partial charge is 0.338 e. The highest BCUT2D eigenvalue weighted by atomic mass is 35.5. The van der Waals surface area contributed by atoms with E-state index in [0.717, 1.165) is 13.0 Å². The average Bonchev–Trinajstić information content (AvgIpc) is 2.48. The lowest BCUT2D eigenvalue weighted by atomic mass is 9.77. The number of benzene rings is 1. The van der Waals surface area contributed by atoms with Gasteiger partial charge in [-0.05, 0) is 37.9 Å². The van der Waals surface area contributed by atoms with Crippen LogP contribution in [0.4, 0.5) is 0 Å². The fourth-order valence-electron chi connectivity index (χ4n) is 3.41. The van der Waals surface area contributed by atoms with Crippen LogP contribution in [0, 0.1) is 5.92 Å². The lowest BCUT2D eigenvalue weighted by Crippen LogP contribution is -2.51. The Morgan fingerprint density at radius 3 is 2.65 bits per heavy atom. The summed E-state index contributed by atoms with van der Waals surface area (Å²) in [5.41, 5.74) is 0.661. The molecule has 1 aliphatic heterocycles. The molecule has 0 aromatic heterocycles. The summed E-state index contributed by atoms with van der Waals surface area (Å²) >= 11 is 0. The fourth-order valence-corrected chi connectivity index (χ4v) is 3.41. The van der Waals surface area contributed by atoms with E-state index in [2.05, 4.69) is 5.32 Å². The zero-order chi connectivity index (χ0) is 13.1. The maximum atomic E-state index is 12.1. The van der Waals surface area contributed by atoms with Gasteiger partial charge in [0.1, 0.15) is 6.10 Å². The molecular formula is C16H22ClNO2. The summed E-state index contributed by atoms with van der Waals surface area (Å²) in [5, 5.41) is 3.57. The maximum absolute atomic E-state index is 12.1. The standard InChI is InChI=1S/C16H21NO2.ClH/c18-16(12-6-2-1-3-7-12)19-15-10-11-17-14-9-5-4-8-13(14)15;/h1-3,6-7,13-15,17H,4-5,8-11H2;1H. The average molecular weight is 296 g/mol. The summed E-state index contributed by atoms with van der Waals surface area (Å²) in [6.45, 7) is 0.966. The number of ether oxygens (including phenoxy) is 1. The Hall–Kier alpha value is -1.06. The van der Waals surface area contributed by atoms with Gasteiger partial charge in [0.2, 0.25) is 0 Å². The molecule has 4 heteroatoms.